The Morgan fingerprint density at radius 3 is 2.71 bits per heavy atom. The fourth-order valence-electron chi connectivity index (χ4n) is 1.24. The number of nitrogens with zero attached hydrogens (tertiary/aromatic N) is 1. The molecule has 0 aliphatic heterocycles. The van der Waals surface area contributed by atoms with Gasteiger partial charge in [-0.05, 0) is 12.8 Å². The molecule has 0 bridgehead atoms. The predicted octanol–water partition coefficient (Wildman–Crippen LogP) is 3.31. The van der Waals surface area contributed by atoms with Gasteiger partial charge in [-0.3, -0.25) is 10.1 Å². The molecule has 0 N–H and O–H groups in total. The summed E-state index contributed by atoms with van der Waals surface area (Å²) in [4.78, 5) is 10.7. The Kier molecular flexibility index (Phi) is 4.07. The lowest BCUT2D eigenvalue weighted by Gasteiger charge is -2.06. The van der Waals surface area contributed by atoms with E-state index in [0.29, 0.717) is 11.2 Å². The number of halogens is 1. The zero-order valence-corrected chi connectivity index (χ0v) is 9.53. The molecule has 0 aromatic heterocycles. The minimum Gasteiger partial charge on any atom is -0.258 e. The molecule has 3 nitrogen and oxygen atoms in total. The van der Waals surface area contributed by atoms with Gasteiger partial charge in [-0.1, -0.05) is 41.1 Å². The number of para-hydroxylation sites is 1. The Morgan fingerprint density at radius 2 is 2.14 bits per heavy atom. The van der Waals surface area contributed by atoms with Crippen LogP contribution < -0.4 is 0 Å². The topological polar surface area (TPSA) is 43.1 Å². The van der Waals surface area contributed by atoms with Gasteiger partial charge in [-0.15, -0.1) is 0 Å². The Bertz CT molecular complexity index is 328. The zero-order valence-electron chi connectivity index (χ0n) is 7.94. The molecule has 0 spiro atoms. The second-order valence-corrected chi connectivity index (χ2v) is 4.39. The van der Waals surface area contributed by atoms with E-state index in [1.54, 1.807) is 12.1 Å². The van der Waals surface area contributed by atoms with Crippen LogP contribution in [0.15, 0.2) is 24.3 Å². The smallest absolute Gasteiger partial charge is 0.258 e. The van der Waals surface area contributed by atoms with Crippen LogP contribution in [0.5, 0.6) is 0 Å². The molecule has 0 saturated carbocycles. The quantitative estimate of drug-likeness (QED) is 0.472. The Morgan fingerprint density at radius 1 is 1.50 bits per heavy atom. The van der Waals surface area contributed by atoms with E-state index in [2.05, 4.69) is 15.9 Å². The third-order valence-corrected chi connectivity index (χ3v) is 3.04. The Balaban J connectivity index is 2.90. The average molecular weight is 258 g/mol. The number of nitro groups is 1. The zero-order chi connectivity index (χ0) is 10.6. The maximum absolute atomic E-state index is 10.7. The van der Waals surface area contributed by atoms with Crippen molar-refractivity contribution in [1.29, 1.82) is 0 Å². The highest BCUT2D eigenvalue weighted by Gasteiger charge is 2.14. The molecule has 1 aromatic carbocycles. The van der Waals surface area contributed by atoms with Crippen molar-refractivity contribution in [2.45, 2.75) is 24.6 Å². The van der Waals surface area contributed by atoms with E-state index in [9.17, 15) is 10.1 Å². The van der Waals surface area contributed by atoms with Gasteiger partial charge in [0.1, 0.15) is 0 Å². The predicted molar refractivity (Wildman–Crippen MR) is 59.8 cm³/mol. The highest BCUT2D eigenvalue weighted by molar-refractivity contribution is 9.09. The van der Waals surface area contributed by atoms with Gasteiger partial charge >= 0.3 is 0 Å². The first-order valence-corrected chi connectivity index (χ1v) is 5.43. The number of hydrogen-bond donors (Lipinski definition) is 0. The van der Waals surface area contributed by atoms with Gasteiger partial charge in [-0.2, -0.15) is 0 Å². The molecule has 14 heavy (non-hydrogen) atoms. The largest absolute Gasteiger partial charge is 0.272 e. The third-order valence-electron chi connectivity index (χ3n) is 2.07. The van der Waals surface area contributed by atoms with Crippen molar-refractivity contribution in [2.75, 3.05) is 0 Å². The van der Waals surface area contributed by atoms with Crippen LogP contribution in [0.1, 0.15) is 18.9 Å². The van der Waals surface area contributed by atoms with Gasteiger partial charge < -0.3 is 0 Å². The molecular weight excluding hydrogens is 246 g/mol. The van der Waals surface area contributed by atoms with Crippen LogP contribution in [-0.4, -0.2) is 9.75 Å². The first-order chi connectivity index (χ1) is 6.65. The normalized spacial score (nSPS) is 12.4. The van der Waals surface area contributed by atoms with Crippen LogP contribution in [0, 0.1) is 10.1 Å². The van der Waals surface area contributed by atoms with Crippen molar-refractivity contribution >= 4 is 21.6 Å². The van der Waals surface area contributed by atoms with Crippen molar-refractivity contribution in [3.63, 3.8) is 0 Å². The second-order valence-electron chi connectivity index (χ2n) is 3.10. The third kappa shape index (κ3) is 2.80. The van der Waals surface area contributed by atoms with Gasteiger partial charge in [-0.25, -0.2) is 0 Å². The summed E-state index contributed by atoms with van der Waals surface area (Å²) in [6.45, 7) is 2.05. The standard InChI is InChI=1S/C10H12BrNO2/c1-2-9(11)7-8-5-3-4-6-10(8)12(13)14/h3-6,9H,2,7H2,1H3. The highest BCUT2D eigenvalue weighted by Crippen LogP contribution is 2.22. The fourth-order valence-corrected chi connectivity index (χ4v) is 1.59. The maximum Gasteiger partial charge on any atom is 0.272 e. The first kappa shape index (κ1) is 11.2. The van der Waals surface area contributed by atoms with E-state index in [-0.39, 0.29) is 10.6 Å². The summed E-state index contributed by atoms with van der Waals surface area (Å²) in [6.07, 6.45) is 1.67. The summed E-state index contributed by atoms with van der Waals surface area (Å²) in [5.74, 6) is 0. The molecule has 0 aliphatic rings. The van der Waals surface area contributed by atoms with Crippen LogP contribution >= 0.6 is 15.9 Å². The molecule has 1 aromatic rings. The molecule has 4 heteroatoms. The lowest BCUT2D eigenvalue weighted by atomic mass is 10.1. The minimum atomic E-state index is -0.329. The summed E-state index contributed by atoms with van der Waals surface area (Å²) in [5.41, 5.74) is 1.01. The molecule has 0 heterocycles. The summed E-state index contributed by atoms with van der Waals surface area (Å²) < 4.78 is 0. The Labute approximate surface area is 91.4 Å². The summed E-state index contributed by atoms with van der Waals surface area (Å²) in [6, 6.07) is 6.88. The summed E-state index contributed by atoms with van der Waals surface area (Å²) in [5, 5.41) is 10.7. The number of rotatable bonds is 4. The molecule has 0 saturated heterocycles. The fraction of sp³-hybridized carbons (Fsp3) is 0.400. The van der Waals surface area contributed by atoms with Crippen molar-refractivity contribution < 1.29 is 4.92 Å². The van der Waals surface area contributed by atoms with Gasteiger partial charge in [0, 0.05) is 16.5 Å². The lowest BCUT2D eigenvalue weighted by Crippen LogP contribution is -2.03. The minimum absolute atomic E-state index is 0.213. The summed E-state index contributed by atoms with van der Waals surface area (Å²) >= 11 is 3.47. The van der Waals surface area contributed by atoms with Crippen molar-refractivity contribution in [2.24, 2.45) is 0 Å². The van der Waals surface area contributed by atoms with E-state index in [1.165, 1.54) is 0 Å². The molecule has 1 unspecified atom stereocenters. The van der Waals surface area contributed by atoms with Crippen LogP contribution in [0.3, 0.4) is 0 Å². The lowest BCUT2D eigenvalue weighted by molar-refractivity contribution is -0.385. The second kappa shape index (κ2) is 5.10. The van der Waals surface area contributed by atoms with Gasteiger partial charge in [0.25, 0.3) is 5.69 Å². The van der Waals surface area contributed by atoms with Crippen LogP contribution in [0.2, 0.25) is 0 Å². The molecule has 0 fully saturated rings. The average Bonchev–Trinajstić information content (AvgIpc) is 2.18. The number of hydrogen-bond acceptors (Lipinski definition) is 2. The monoisotopic (exact) mass is 257 g/mol. The molecule has 1 atom stereocenters. The van der Waals surface area contributed by atoms with Crippen LogP contribution in [-0.2, 0) is 6.42 Å². The molecule has 0 radical (unpaired) electrons. The van der Waals surface area contributed by atoms with Gasteiger partial charge in [0.2, 0.25) is 0 Å². The number of nitro benzene ring substituents is 1. The SMILES string of the molecule is CCC(Br)Cc1ccccc1[N+](=O)[O-]. The van der Waals surface area contributed by atoms with E-state index in [0.717, 1.165) is 12.0 Å². The first-order valence-electron chi connectivity index (χ1n) is 4.51. The number of benzene rings is 1. The van der Waals surface area contributed by atoms with Crippen LogP contribution in [0.4, 0.5) is 5.69 Å². The van der Waals surface area contributed by atoms with E-state index in [1.807, 2.05) is 19.1 Å². The van der Waals surface area contributed by atoms with E-state index >= 15 is 0 Å². The van der Waals surface area contributed by atoms with Crippen molar-refractivity contribution in [1.82, 2.24) is 0 Å². The molecule has 76 valence electrons. The molecule has 0 aliphatic carbocycles. The van der Waals surface area contributed by atoms with Crippen LogP contribution in [0.25, 0.3) is 0 Å². The Hall–Kier alpha value is -0.900. The molecular formula is C10H12BrNO2. The van der Waals surface area contributed by atoms with Gasteiger partial charge in [0.15, 0.2) is 0 Å². The summed E-state index contributed by atoms with van der Waals surface area (Å²) in [7, 11) is 0. The van der Waals surface area contributed by atoms with E-state index in [4.69, 9.17) is 0 Å². The van der Waals surface area contributed by atoms with E-state index < -0.39 is 0 Å². The maximum atomic E-state index is 10.7. The molecule has 1 rings (SSSR count). The van der Waals surface area contributed by atoms with Crippen molar-refractivity contribution in [3.8, 4) is 0 Å². The van der Waals surface area contributed by atoms with Crippen molar-refractivity contribution in [3.05, 3.63) is 39.9 Å². The number of alkyl halides is 1. The highest BCUT2D eigenvalue weighted by atomic mass is 79.9. The van der Waals surface area contributed by atoms with Gasteiger partial charge in [0.05, 0.1) is 4.92 Å². The molecule has 0 amide bonds.